The number of rotatable bonds is 1. The molecule has 116 valence electrons. The van der Waals surface area contributed by atoms with Gasteiger partial charge in [0.25, 0.3) is 5.91 Å². The van der Waals surface area contributed by atoms with Gasteiger partial charge in [0, 0.05) is 30.1 Å². The number of nitrogens with zero attached hydrogens (tertiary/aromatic N) is 3. The van der Waals surface area contributed by atoms with E-state index < -0.39 is 0 Å². The van der Waals surface area contributed by atoms with Crippen LogP contribution in [0, 0.1) is 18.3 Å². The summed E-state index contributed by atoms with van der Waals surface area (Å²) in [7, 11) is 1.79. The largest absolute Gasteiger partial charge is 0.337 e. The monoisotopic (exact) mass is 313 g/mol. The molecule has 4 nitrogen and oxygen atoms in total. The van der Waals surface area contributed by atoms with Crippen LogP contribution in [-0.2, 0) is 6.54 Å². The van der Waals surface area contributed by atoms with Gasteiger partial charge in [-0.2, -0.15) is 5.26 Å². The van der Waals surface area contributed by atoms with Crippen LogP contribution in [0.3, 0.4) is 0 Å². The van der Waals surface area contributed by atoms with Crippen LogP contribution < -0.4 is 0 Å². The number of fused-ring (bicyclic) bond motifs is 2. The van der Waals surface area contributed by atoms with E-state index in [1.807, 2.05) is 49.4 Å². The average Bonchev–Trinajstić information content (AvgIpc) is 2.88. The zero-order valence-electron chi connectivity index (χ0n) is 13.5. The fourth-order valence-corrected chi connectivity index (χ4v) is 3.34. The first-order valence-electron chi connectivity index (χ1n) is 7.78. The van der Waals surface area contributed by atoms with Crippen molar-refractivity contribution in [3.8, 4) is 17.3 Å². The molecule has 0 fully saturated rings. The molecule has 0 saturated carbocycles. The molecule has 1 amide bonds. The van der Waals surface area contributed by atoms with Gasteiger partial charge < -0.3 is 4.90 Å². The molecule has 0 atom stereocenters. The van der Waals surface area contributed by atoms with Crippen molar-refractivity contribution in [3.05, 3.63) is 64.7 Å². The van der Waals surface area contributed by atoms with Gasteiger partial charge in [0.1, 0.15) is 6.07 Å². The molecule has 1 aliphatic heterocycles. The first kappa shape index (κ1) is 14.4. The highest BCUT2D eigenvalue weighted by molar-refractivity contribution is 5.99. The number of amides is 1. The first-order chi connectivity index (χ1) is 11.6. The van der Waals surface area contributed by atoms with Crippen molar-refractivity contribution in [3.63, 3.8) is 0 Å². The molecule has 2 aromatic carbocycles. The summed E-state index contributed by atoms with van der Waals surface area (Å²) >= 11 is 0. The second-order valence-electron chi connectivity index (χ2n) is 6.12. The zero-order valence-corrected chi connectivity index (χ0v) is 13.5. The molecule has 0 spiro atoms. The Morgan fingerprint density at radius 3 is 2.79 bits per heavy atom. The van der Waals surface area contributed by atoms with E-state index in [-0.39, 0.29) is 5.91 Å². The number of carbonyl (C=O) groups is 1. The second kappa shape index (κ2) is 5.17. The van der Waals surface area contributed by atoms with Crippen LogP contribution in [0.5, 0.6) is 0 Å². The van der Waals surface area contributed by atoms with Crippen LogP contribution >= 0.6 is 0 Å². The molecule has 0 aliphatic carbocycles. The van der Waals surface area contributed by atoms with Gasteiger partial charge in [0.05, 0.1) is 16.8 Å². The molecule has 0 bridgehead atoms. The normalized spacial score (nSPS) is 13.2. The predicted octanol–water partition coefficient (Wildman–Crippen LogP) is 3.67. The molecule has 0 radical (unpaired) electrons. The highest BCUT2D eigenvalue weighted by Gasteiger charge is 2.25. The lowest BCUT2D eigenvalue weighted by molar-refractivity contribution is 0.0816. The smallest absolute Gasteiger partial charge is 0.254 e. The highest BCUT2D eigenvalue weighted by atomic mass is 16.2. The van der Waals surface area contributed by atoms with E-state index in [1.165, 1.54) is 0 Å². The van der Waals surface area contributed by atoms with E-state index in [2.05, 4.69) is 6.07 Å². The van der Waals surface area contributed by atoms with Crippen molar-refractivity contribution >= 4 is 16.8 Å². The summed E-state index contributed by atoms with van der Waals surface area (Å²) in [4.78, 5) is 18.5. The number of benzene rings is 2. The van der Waals surface area contributed by atoms with Gasteiger partial charge in [-0.1, -0.05) is 24.3 Å². The van der Waals surface area contributed by atoms with E-state index in [9.17, 15) is 10.1 Å². The van der Waals surface area contributed by atoms with Gasteiger partial charge in [-0.05, 0) is 36.2 Å². The lowest BCUT2D eigenvalue weighted by Gasteiger charge is -2.11. The SMILES string of the molecule is Cc1c(C#N)c(-c2ccc3c(c2)CN(C)C3=O)nc2ccccc12. The van der Waals surface area contributed by atoms with Crippen LogP contribution in [0.4, 0.5) is 0 Å². The molecule has 24 heavy (non-hydrogen) atoms. The number of aromatic nitrogens is 1. The molecule has 0 saturated heterocycles. The van der Waals surface area contributed by atoms with E-state index in [1.54, 1.807) is 11.9 Å². The Morgan fingerprint density at radius 1 is 1.21 bits per heavy atom. The summed E-state index contributed by atoms with van der Waals surface area (Å²) in [6.07, 6.45) is 0. The number of nitriles is 1. The maximum Gasteiger partial charge on any atom is 0.254 e. The molecule has 0 unspecified atom stereocenters. The van der Waals surface area contributed by atoms with Gasteiger partial charge in [-0.25, -0.2) is 4.98 Å². The second-order valence-corrected chi connectivity index (χ2v) is 6.12. The molecule has 3 aromatic rings. The summed E-state index contributed by atoms with van der Waals surface area (Å²) in [5.74, 6) is 0.0414. The van der Waals surface area contributed by atoms with Crippen LogP contribution in [0.2, 0.25) is 0 Å². The molecule has 0 N–H and O–H groups in total. The third-order valence-electron chi connectivity index (χ3n) is 4.63. The van der Waals surface area contributed by atoms with E-state index in [0.29, 0.717) is 17.8 Å². The number of hydrogen-bond donors (Lipinski definition) is 0. The lowest BCUT2D eigenvalue weighted by atomic mass is 9.96. The Bertz CT molecular complexity index is 1050. The van der Waals surface area contributed by atoms with Crippen LogP contribution in [0.1, 0.15) is 27.0 Å². The van der Waals surface area contributed by atoms with Crippen molar-refractivity contribution in [1.82, 2.24) is 9.88 Å². The first-order valence-corrected chi connectivity index (χ1v) is 7.78. The Labute approximate surface area is 140 Å². The summed E-state index contributed by atoms with van der Waals surface area (Å²) in [5, 5.41) is 10.6. The predicted molar refractivity (Wildman–Crippen MR) is 92.4 cm³/mol. The van der Waals surface area contributed by atoms with Gasteiger partial charge in [0.2, 0.25) is 0 Å². The zero-order chi connectivity index (χ0) is 16.8. The summed E-state index contributed by atoms with van der Waals surface area (Å²) < 4.78 is 0. The maximum atomic E-state index is 12.1. The van der Waals surface area contributed by atoms with Gasteiger partial charge >= 0.3 is 0 Å². The minimum atomic E-state index is 0.0414. The quantitative estimate of drug-likeness (QED) is 0.689. The lowest BCUT2D eigenvalue weighted by Crippen LogP contribution is -2.17. The van der Waals surface area contributed by atoms with Crippen molar-refractivity contribution in [1.29, 1.82) is 5.26 Å². The molecular weight excluding hydrogens is 298 g/mol. The molecule has 2 heterocycles. The van der Waals surface area contributed by atoms with Crippen molar-refractivity contribution in [2.75, 3.05) is 7.05 Å². The van der Waals surface area contributed by atoms with Crippen LogP contribution in [0.15, 0.2) is 42.5 Å². The Morgan fingerprint density at radius 2 is 2.00 bits per heavy atom. The third-order valence-corrected chi connectivity index (χ3v) is 4.63. The molecule has 1 aromatic heterocycles. The topological polar surface area (TPSA) is 57.0 Å². The Balaban J connectivity index is 1.96. The number of para-hydroxylation sites is 1. The van der Waals surface area contributed by atoms with E-state index in [4.69, 9.17) is 4.98 Å². The third kappa shape index (κ3) is 1.99. The fraction of sp³-hybridized carbons (Fsp3) is 0.150. The fourth-order valence-electron chi connectivity index (χ4n) is 3.34. The number of pyridine rings is 1. The van der Waals surface area contributed by atoms with Gasteiger partial charge in [-0.15, -0.1) is 0 Å². The average molecular weight is 313 g/mol. The summed E-state index contributed by atoms with van der Waals surface area (Å²) in [6, 6.07) is 15.8. The van der Waals surface area contributed by atoms with Crippen molar-refractivity contribution in [2.45, 2.75) is 13.5 Å². The number of carbonyl (C=O) groups excluding carboxylic acids is 1. The molecule has 4 heteroatoms. The standard InChI is InChI=1S/C20H15N3O/c1-12-15-5-3-4-6-18(15)22-19(17(12)10-21)13-7-8-16-14(9-13)11-23(2)20(16)24/h3-9H,11H2,1-2H3. The van der Waals surface area contributed by atoms with E-state index >= 15 is 0 Å². The Hall–Kier alpha value is -3.19. The summed E-state index contributed by atoms with van der Waals surface area (Å²) in [6.45, 7) is 2.55. The van der Waals surface area contributed by atoms with Gasteiger partial charge in [0.15, 0.2) is 0 Å². The molecule has 1 aliphatic rings. The summed E-state index contributed by atoms with van der Waals surface area (Å²) in [5.41, 5.74) is 5.67. The van der Waals surface area contributed by atoms with Crippen LogP contribution in [-0.4, -0.2) is 22.8 Å². The van der Waals surface area contributed by atoms with Crippen molar-refractivity contribution in [2.24, 2.45) is 0 Å². The van der Waals surface area contributed by atoms with E-state index in [0.717, 1.165) is 33.2 Å². The molecule has 4 rings (SSSR count). The maximum absolute atomic E-state index is 12.1. The van der Waals surface area contributed by atoms with Crippen molar-refractivity contribution < 1.29 is 4.79 Å². The number of aryl methyl sites for hydroxylation is 1. The molecular formula is C20H15N3O. The van der Waals surface area contributed by atoms with Crippen LogP contribution in [0.25, 0.3) is 22.2 Å². The highest BCUT2D eigenvalue weighted by Crippen LogP contribution is 2.32. The Kier molecular flexibility index (Phi) is 3.10. The van der Waals surface area contributed by atoms with Gasteiger partial charge in [-0.3, -0.25) is 4.79 Å². The minimum Gasteiger partial charge on any atom is -0.337 e. The number of hydrogen-bond acceptors (Lipinski definition) is 3. The minimum absolute atomic E-state index is 0.0414.